The van der Waals surface area contributed by atoms with E-state index in [2.05, 4.69) is 20.3 Å². The van der Waals surface area contributed by atoms with Crippen LogP contribution in [0.2, 0.25) is 0 Å². The number of carbonyl (C=O) groups excluding carboxylic acids is 2. The lowest BCUT2D eigenvalue weighted by Crippen LogP contribution is -2.58. The Hall–Kier alpha value is -3.76. The van der Waals surface area contributed by atoms with Gasteiger partial charge >= 0.3 is 6.03 Å². The predicted octanol–water partition coefficient (Wildman–Crippen LogP) is 2.28. The molecule has 1 aliphatic rings. The number of urea groups is 1. The van der Waals surface area contributed by atoms with Crippen molar-refractivity contribution in [2.75, 3.05) is 0 Å². The standard InChI is InChI=1S/C22H20N4O5S/c1-15(22(16-5-3-2-4-6-16)20(27)24-21(28)25-22)26-32(29,30)19-9-7-17(8-10-19)31-18-11-13-23-14-12-18/h2-15,26H,1H3,(H2,24,25,27,28)/t15-,22+/m1/s1. The number of hydrogen-bond donors (Lipinski definition) is 3. The molecular weight excluding hydrogens is 432 g/mol. The highest BCUT2D eigenvalue weighted by Crippen LogP contribution is 2.30. The number of carbonyl (C=O) groups is 2. The lowest BCUT2D eigenvalue weighted by Gasteiger charge is -2.33. The number of ether oxygens (including phenoxy) is 1. The van der Waals surface area contributed by atoms with Crippen LogP contribution in [-0.4, -0.2) is 31.4 Å². The molecule has 1 aliphatic heterocycles. The van der Waals surface area contributed by atoms with Crippen LogP contribution >= 0.6 is 0 Å². The first kappa shape index (κ1) is 21.5. The maximum atomic E-state index is 13.0. The van der Waals surface area contributed by atoms with Crippen LogP contribution in [0, 0.1) is 0 Å². The minimum atomic E-state index is -4.02. The van der Waals surface area contributed by atoms with Crippen molar-refractivity contribution in [1.82, 2.24) is 20.3 Å². The van der Waals surface area contributed by atoms with Crippen LogP contribution in [0.3, 0.4) is 0 Å². The molecule has 3 N–H and O–H groups in total. The van der Waals surface area contributed by atoms with Gasteiger partial charge in [-0.25, -0.2) is 17.9 Å². The van der Waals surface area contributed by atoms with Crippen molar-refractivity contribution in [3.05, 3.63) is 84.7 Å². The molecule has 2 aromatic carbocycles. The highest BCUT2D eigenvalue weighted by molar-refractivity contribution is 7.89. The Balaban J connectivity index is 1.58. The van der Waals surface area contributed by atoms with Gasteiger partial charge in [-0.05, 0) is 48.9 Å². The summed E-state index contributed by atoms with van der Waals surface area (Å²) in [5.74, 6) is 0.381. The monoisotopic (exact) mass is 452 g/mol. The molecule has 164 valence electrons. The summed E-state index contributed by atoms with van der Waals surface area (Å²) in [7, 11) is -4.02. The van der Waals surface area contributed by atoms with Gasteiger partial charge in [0.05, 0.1) is 10.9 Å². The Labute approximate surface area is 184 Å². The topological polar surface area (TPSA) is 126 Å². The first-order valence-electron chi connectivity index (χ1n) is 9.71. The van der Waals surface area contributed by atoms with Gasteiger partial charge in [-0.3, -0.25) is 15.1 Å². The zero-order valence-corrected chi connectivity index (χ0v) is 17.8. The molecule has 0 saturated carbocycles. The van der Waals surface area contributed by atoms with Crippen molar-refractivity contribution in [3.63, 3.8) is 0 Å². The van der Waals surface area contributed by atoms with Gasteiger partial charge in [-0.2, -0.15) is 0 Å². The summed E-state index contributed by atoms with van der Waals surface area (Å²) in [5, 5.41) is 4.79. The van der Waals surface area contributed by atoms with Gasteiger partial charge in [-0.1, -0.05) is 30.3 Å². The summed E-state index contributed by atoms with van der Waals surface area (Å²) in [6.45, 7) is 1.52. The van der Waals surface area contributed by atoms with Gasteiger partial charge in [0.15, 0.2) is 5.54 Å². The summed E-state index contributed by atoms with van der Waals surface area (Å²) in [6.07, 6.45) is 3.17. The summed E-state index contributed by atoms with van der Waals surface area (Å²) in [5.41, 5.74) is -1.13. The molecule has 2 atom stereocenters. The smallest absolute Gasteiger partial charge is 0.322 e. The molecule has 0 unspecified atom stereocenters. The van der Waals surface area contributed by atoms with Gasteiger partial charge in [0.1, 0.15) is 11.5 Å². The minimum absolute atomic E-state index is 0.0145. The normalized spacial score (nSPS) is 19.2. The van der Waals surface area contributed by atoms with Crippen molar-refractivity contribution in [2.45, 2.75) is 23.4 Å². The number of rotatable bonds is 7. The third kappa shape index (κ3) is 4.05. The molecule has 3 amide bonds. The number of imide groups is 1. The van der Waals surface area contributed by atoms with E-state index in [0.29, 0.717) is 17.1 Å². The first-order chi connectivity index (χ1) is 15.3. The van der Waals surface area contributed by atoms with Crippen LogP contribution < -0.4 is 20.1 Å². The minimum Gasteiger partial charge on any atom is -0.457 e. The number of sulfonamides is 1. The molecule has 4 rings (SSSR count). The predicted molar refractivity (Wildman–Crippen MR) is 115 cm³/mol. The van der Waals surface area contributed by atoms with E-state index < -0.39 is 33.5 Å². The number of aromatic nitrogens is 1. The van der Waals surface area contributed by atoms with E-state index in [0.717, 1.165) is 0 Å². The van der Waals surface area contributed by atoms with Crippen molar-refractivity contribution < 1.29 is 22.7 Å². The van der Waals surface area contributed by atoms with Crippen LogP contribution in [0.5, 0.6) is 11.5 Å². The molecule has 0 spiro atoms. The third-order valence-corrected chi connectivity index (χ3v) is 6.68. The Bertz CT molecular complexity index is 1230. The highest BCUT2D eigenvalue weighted by Gasteiger charge is 2.52. The number of benzene rings is 2. The molecular formula is C22H20N4O5S. The van der Waals surface area contributed by atoms with Crippen molar-refractivity contribution in [3.8, 4) is 11.5 Å². The van der Waals surface area contributed by atoms with Crippen molar-refractivity contribution in [1.29, 1.82) is 0 Å². The Morgan fingerprint density at radius 3 is 2.16 bits per heavy atom. The van der Waals surface area contributed by atoms with Crippen LogP contribution in [-0.2, 0) is 20.4 Å². The molecule has 10 heteroatoms. The average Bonchev–Trinajstić information content (AvgIpc) is 3.10. The van der Waals surface area contributed by atoms with Gasteiger partial charge in [0.25, 0.3) is 5.91 Å². The molecule has 9 nitrogen and oxygen atoms in total. The van der Waals surface area contributed by atoms with E-state index in [-0.39, 0.29) is 4.90 Å². The molecule has 0 radical (unpaired) electrons. The number of amides is 3. The number of nitrogens with one attached hydrogen (secondary N) is 3. The Kier molecular flexibility index (Phi) is 5.64. The summed E-state index contributed by atoms with van der Waals surface area (Å²) >= 11 is 0. The molecule has 0 bridgehead atoms. The maximum absolute atomic E-state index is 13.0. The van der Waals surface area contributed by atoms with Gasteiger partial charge in [0, 0.05) is 12.4 Å². The fourth-order valence-electron chi connectivity index (χ4n) is 3.55. The lowest BCUT2D eigenvalue weighted by molar-refractivity contribution is -0.125. The highest BCUT2D eigenvalue weighted by atomic mass is 32.2. The average molecular weight is 452 g/mol. The Morgan fingerprint density at radius 2 is 1.56 bits per heavy atom. The second-order valence-electron chi connectivity index (χ2n) is 7.18. The lowest BCUT2D eigenvalue weighted by atomic mass is 9.84. The number of nitrogens with zero attached hydrogens (tertiary/aromatic N) is 1. The molecule has 0 aliphatic carbocycles. The van der Waals surface area contributed by atoms with E-state index in [4.69, 9.17) is 4.74 Å². The van der Waals surface area contributed by atoms with Crippen LogP contribution in [0.1, 0.15) is 12.5 Å². The maximum Gasteiger partial charge on any atom is 0.322 e. The van der Waals surface area contributed by atoms with Gasteiger partial charge in [-0.15, -0.1) is 0 Å². The zero-order valence-electron chi connectivity index (χ0n) is 17.0. The first-order valence-corrected chi connectivity index (χ1v) is 11.2. The molecule has 1 saturated heterocycles. The van der Waals surface area contributed by atoms with Gasteiger partial charge < -0.3 is 10.1 Å². The van der Waals surface area contributed by atoms with E-state index in [9.17, 15) is 18.0 Å². The van der Waals surface area contributed by atoms with Crippen molar-refractivity contribution in [2.24, 2.45) is 0 Å². The second-order valence-corrected chi connectivity index (χ2v) is 8.90. The number of pyridine rings is 1. The fourth-order valence-corrected chi connectivity index (χ4v) is 4.82. The summed E-state index contributed by atoms with van der Waals surface area (Å²) < 4.78 is 34.2. The van der Waals surface area contributed by atoms with Crippen LogP contribution in [0.15, 0.2) is 84.0 Å². The molecule has 2 heterocycles. The van der Waals surface area contributed by atoms with Gasteiger partial charge in [0.2, 0.25) is 10.0 Å². The largest absolute Gasteiger partial charge is 0.457 e. The Morgan fingerprint density at radius 1 is 0.938 bits per heavy atom. The van der Waals surface area contributed by atoms with Crippen LogP contribution in [0.25, 0.3) is 0 Å². The van der Waals surface area contributed by atoms with Crippen LogP contribution in [0.4, 0.5) is 4.79 Å². The van der Waals surface area contributed by atoms with E-state index in [1.807, 2.05) is 0 Å². The second kappa shape index (κ2) is 8.40. The summed E-state index contributed by atoms with van der Waals surface area (Å²) in [4.78, 5) is 28.6. The third-order valence-electron chi connectivity index (χ3n) is 5.13. The SMILES string of the molecule is C[C@@H](NS(=O)(=O)c1ccc(Oc2ccncc2)cc1)[C@@]1(c2ccccc2)NC(=O)NC1=O. The summed E-state index contributed by atoms with van der Waals surface area (Å²) in [6, 6.07) is 16.0. The van der Waals surface area contributed by atoms with Crippen molar-refractivity contribution >= 4 is 22.0 Å². The molecule has 32 heavy (non-hydrogen) atoms. The quantitative estimate of drug-likeness (QED) is 0.472. The molecule has 3 aromatic rings. The fraction of sp³-hybridized carbons (Fsp3) is 0.136. The van der Waals surface area contributed by atoms with E-state index in [1.165, 1.54) is 31.2 Å². The molecule has 1 aromatic heterocycles. The van der Waals surface area contributed by atoms with E-state index >= 15 is 0 Å². The zero-order chi connectivity index (χ0) is 22.8. The molecule has 1 fully saturated rings. The van der Waals surface area contributed by atoms with E-state index in [1.54, 1.807) is 54.9 Å². The number of hydrogen-bond acceptors (Lipinski definition) is 6.